The van der Waals surface area contributed by atoms with Gasteiger partial charge in [-0.1, -0.05) is 32.0 Å². The largest absolute Gasteiger partial charge is 0.392 e. The smallest absolute Gasteiger partial charge is 0.127 e. The van der Waals surface area contributed by atoms with Crippen LogP contribution in [0.25, 0.3) is 0 Å². The van der Waals surface area contributed by atoms with Crippen molar-refractivity contribution in [2.24, 2.45) is 5.92 Å². The van der Waals surface area contributed by atoms with Crippen LogP contribution in [0, 0.1) is 11.7 Å². The molecule has 138 valence electrons. The molecule has 3 heterocycles. The van der Waals surface area contributed by atoms with Crippen LogP contribution in [0.5, 0.6) is 0 Å². The van der Waals surface area contributed by atoms with Crippen molar-refractivity contribution in [2.45, 2.75) is 44.5 Å². The van der Waals surface area contributed by atoms with Gasteiger partial charge in [0.1, 0.15) is 5.82 Å². The van der Waals surface area contributed by atoms with Crippen LogP contribution < -0.4 is 0 Å². The molecule has 0 aliphatic carbocycles. The molecule has 0 saturated carbocycles. The van der Waals surface area contributed by atoms with E-state index in [1.54, 1.807) is 12.1 Å². The van der Waals surface area contributed by atoms with Crippen molar-refractivity contribution >= 4 is 0 Å². The van der Waals surface area contributed by atoms with Gasteiger partial charge in [-0.2, -0.15) is 0 Å². The Hall–Kier alpha value is -1.01. The Balaban J connectivity index is 1.45. The van der Waals surface area contributed by atoms with Crippen molar-refractivity contribution in [3.63, 3.8) is 0 Å². The fourth-order valence-electron chi connectivity index (χ4n) is 5.22. The van der Waals surface area contributed by atoms with Crippen molar-refractivity contribution in [1.29, 1.82) is 0 Å². The highest BCUT2D eigenvalue weighted by molar-refractivity contribution is 5.20. The predicted octanol–water partition coefficient (Wildman–Crippen LogP) is 1.79. The molecule has 25 heavy (non-hydrogen) atoms. The van der Waals surface area contributed by atoms with Crippen molar-refractivity contribution in [3.8, 4) is 0 Å². The second-order valence-corrected chi connectivity index (χ2v) is 8.74. The lowest BCUT2D eigenvalue weighted by atomic mass is 9.83. The number of benzene rings is 1. The second-order valence-electron chi connectivity index (χ2n) is 8.74. The highest BCUT2D eigenvalue weighted by atomic mass is 19.1. The van der Waals surface area contributed by atoms with E-state index in [1.807, 2.05) is 12.1 Å². The summed E-state index contributed by atoms with van der Waals surface area (Å²) in [6.07, 6.45) is 0.699. The topological polar surface area (TPSA) is 30.0 Å². The summed E-state index contributed by atoms with van der Waals surface area (Å²) in [5, 5.41) is 10.2. The number of β-amino-alcohol motifs (C(OH)–C–C–N with tert-alkyl or cyclic N) is 1. The molecule has 4 rings (SSSR count). The van der Waals surface area contributed by atoms with E-state index >= 15 is 0 Å². The molecule has 0 bridgehead atoms. The van der Waals surface area contributed by atoms with Crippen molar-refractivity contribution in [2.75, 3.05) is 39.3 Å². The van der Waals surface area contributed by atoms with Gasteiger partial charge < -0.3 is 5.11 Å². The number of aliphatic hydroxyl groups excluding tert-OH is 1. The molecule has 3 aliphatic heterocycles. The molecule has 3 aliphatic rings. The second kappa shape index (κ2) is 6.62. The first-order chi connectivity index (χ1) is 11.9. The van der Waals surface area contributed by atoms with E-state index in [-0.39, 0.29) is 17.5 Å². The Morgan fingerprint density at radius 2 is 1.88 bits per heavy atom. The van der Waals surface area contributed by atoms with Gasteiger partial charge in [-0.25, -0.2) is 4.39 Å². The minimum atomic E-state index is -0.193. The zero-order valence-corrected chi connectivity index (χ0v) is 15.4. The molecule has 1 N–H and O–H groups in total. The van der Waals surface area contributed by atoms with E-state index in [4.69, 9.17) is 0 Å². The summed E-state index contributed by atoms with van der Waals surface area (Å²) in [7, 11) is 0. The number of piperazine rings is 1. The van der Waals surface area contributed by atoms with Crippen LogP contribution in [0.2, 0.25) is 0 Å². The van der Waals surface area contributed by atoms with Gasteiger partial charge >= 0.3 is 0 Å². The number of rotatable bonds is 4. The summed E-state index contributed by atoms with van der Waals surface area (Å²) in [5.74, 6) is 0.549. The Morgan fingerprint density at radius 1 is 1.16 bits per heavy atom. The molecule has 1 aromatic carbocycles. The van der Waals surface area contributed by atoms with E-state index in [0.717, 1.165) is 51.3 Å². The molecule has 5 heteroatoms. The Morgan fingerprint density at radius 3 is 2.60 bits per heavy atom. The summed E-state index contributed by atoms with van der Waals surface area (Å²) in [4.78, 5) is 7.50. The average Bonchev–Trinajstić information content (AvgIpc) is 2.88. The number of nitrogens with zero attached hydrogens (tertiary/aromatic N) is 3. The van der Waals surface area contributed by atoms with Crippen LogP contribution in [-0.4, -0.2) is 76.8 Å². The van der Waals surface area contributed by atoms with E-state index in [1.165, 1.54) is 0 Å². The third-order valence-electron chi connectivity index (χ3n) is 6.00. The first kappa shape index (κ1) is 17.4. The molecule has 0 radical (unpaired) electrons. The first-order valence-corrected chi connectivity index (χ1v) is 9.58. The van der Waals surface area contributed by atoms with Crippen LogP contribution >= 0.6 is 0 Å². The van der Waals surface area contributed by atoms with Crippen molar-refractivity contribution in [3.05, 3.63) is 35.6 Å². The summed E-state index contributed by atoms with van der Waals surface area (Å²) >= 11 is 0. The summed E-state index contributed by atoms with van der Waals surface area (Å²) in [6.45, 7) is 11.2. The summed E-state index contributed by atoms with van der Waals surface area (Å²) in [5.41, 5.74) is 0.922. The molecular formula is C20H30FN3O. The maximum atomic E-state index is 13.9. The van der Waals surface area contributed by atoms with Crippen LogP contribution in [0.1, 0.15) is 25.8 Å². The molecule has 0 aromatic heterocycles. The Labute approximate surface area is 150 Å². The van der Waals surface area contributed by atoms with Gasteiger partial charge in [0.25, 0.3) is 0 Å². The average molecular weight is 347 g/mol. The monoisotopic (exact) mass is 347 g/mol. The fourth-order valence-corrected chi connectivity index (χ4v) is 5.22. The third-order valence-corrected chi connectivity index (χ3v) is 6.00. The standard InChI is InChI=1S/C20H30FN3O/c1-15(2)8-22-10-17-7-18(25)11-24(17)20(12-22)13-23(14-20)9-16-5-3-4-6-19(16)21/h3-6,15,17-18,25H,7-14H2,1-2H3. The van der Waals surface area contributed by atoms with Crippen LogP contribution in [0.4, 0.5) is 4.39 Å². The number of hydrogen-bond donors (Lipinski definition) is 1. The Bertz CT molecular complexity index is 617. The molecule has 3 fully saturated rings. The molecule has 1 aromatic rings. The lowest BCUT2D eigenvalue weighted by Gasteiger charge is -2.61. The number of fused-ring (bicyclic) bond motifs is 2. The van der Waals surface area contributed by atoms with Gasteiger partial charge in [-0.05, 0) is 18.4 Å². The zero-order chi connectivity index (χ0) is 17.6. The van der Waals surface area contributed by atoms with Crippen LogP contribution in [0.15, 0.2) is 24.3 Å². The van der Waals surface area contributed by atoms with E-state index in [2.05, 4.69) is 28.5 Å². The number of halogens is 1. The lowest BCUT2D eigenvalue weighted by Crippen LogP contribution is -2.77. The van der Waals surface area contributed by atoms with Gasteiger partial charge in [-0.3, -0.25) is 14.7 Å². The number of hydrogen-bond acceptors (Lipinski definition) is 4. The molecular weight excluding hydrogens is 317 g/mol. The first-order valence-electron chi connectivity index (χ1n) is 9.58. The quantitative estimate of drug-likeness (QED) is 0.899. The van der Waals surface area contributed by atoms with Gasteiger partial charge in [0.05, 0.1) is 11.6 Å². The zero-order valence-electron chi connectivity index (χ0n) is 15.4. The van der Waals surface area contributed by atoms with E-state index in [0.29, 0.717) is 18.5 Å². The summed E-state index contributed by atoms with van der Waals surface area (Å²) < 4.78 is 13.9. The van der Waals surface area contributed by atoms with E-state index in [9.17, 15) is 9.50 Å². The molecule has 0 amide bonds. The Kier molecular flexibility index (Phi) is 4.61. The molecule has 2 atom stereocenters. The normalized spacial score (nSPS) is 30.0. The van der Waals surface area contributed by atoms with Gasteiger partial charge in [0, 0.05) is 57.4 Å². The van der Waals surface area contributed by atoms with Gasteiger partial charge in [0.2, 0.25) is 0 Å². The fraction of sp³-hybridized carbons (Fsp3) is 0.700. The van der Waals surface area contributed by atoms with Gasteiger partial charge in [-0.15, -0.1) is 0 Å². The lowest BCUT2D eigenvalue weighted by molar-refractivity contribution is -0.118. The van der Waals surface area contributed by atoms with Crippen LogP contribution in [-0.2, 0) is 6.54 Å². The van der Waals surface area contributed by atoms with Crippen molar-refractivity contribution < 1.29 is 9.50 Å². The summed E-state index contributed by atoms with van der Waals surface area (Å²) in [6, 6.07) is 7.55. The highest BCUT2D eigenvalue weighted by Gasteiger charge is 2.55. The maximum Gasteiger partial charge on any atom is 0.127 e. The third kappa shape index (κ3) is 3.35. The highest BCUT2D eigenvalue weighted by Crippen LogP contribution is 2.39. The maximum absolute atomic E-state index is 13.9. The minimum absolute atomic E-state index is 0.108. The SMILES string of the molecule is CC(C)CN1CC2CC(O)CN2C2(C1)CN(Cc1ccccc1F)C2. The predicted molar refractivity (Wildman–Crippen MR) is 96.8 cm³/mol. The molecule has 2 unspecified atom stereocenters. The number of likely N-dealkylation sites (tertiary alicyclic amines) is 1. The van der Waals surface area contributed by atoms with Crippen molar-refractivity contribution in [1.82, 2.24) is 14.7 Å². The minimum Gasteiger partial charge on any atom is -0.392 e. The van der Waals surface area contributed by atoms with Crippen LogP contribution in [0.3, 0.4) is 0 Å². The van der Waals surface area contributed by atoms with E-state index < -0.39 is 0 Å². The molecule has 1 spiro atoms. The van der Waals surface area contributed by atoms with Gasteiger partial charge in [0.15, 0.2) is 0 Å². The number of aliphatic hydroxyl groups is 1. The molecule has 4 nitrogen and oxygen atoms in total. The molecule has 3 saturated heterocycles.